The Bertz CT molecular complexity index is 864. The van der Waals surface area contributed by atoms with Crippen molar-refractivity contribution in [2.24, 2.45) is 12.0 Å². The molecular formula is C22H34N6O3. The first kappa shape index (κ1) is 22.7. The van der Waals surface area contributed by atoms with Crippen molar-refractivity contribution in [2.45, 2.75) is 58.2 Å². The lowest BCUT2D eigenvalue weighted by molar-refractivity contribution is 0.324. The molecule has 170 valence electrons. The lowest BCUT2D eigenvalue weighted by atomic mass is 9.96. The van der Waals surface area contributed by atoms with Gasteiger partial charge in [-0.2, -0.15) is 0 Å². The number of benzene rings is 1. The first-order chi connectivity index (χ1) is 15.0. The molecule has 1 aromatic carbocycles. The smallest absolute Gasteiger partial charge is 0.203 e. The monoisotopic (exact) mass is 430 g/mol. The van der Waals surface area contributed by atoms with E-state index in [4.69, 9.17) is 19.2 Å². The lowest BCUT2D eigenvalue weighted by Crippen LogP contribution is -2.44. The largest absolute Gasteiger partial charge is 0.493 e. The lowest BCUT2D eigenvalue weighted by Gasteiger charge is -2.25. The predicted molar refractivity (Wildman–Crippen MR) is 120 cm³/mol. The number of aliphatic imine (C=N–C) groups is 1. The van der Waals surface area contributed by atoms with Gasteiger partial charge in [0.05, 0.1) is 34.4 Å². The topological polar surface area (TPSA) is 94.8 Å². The number of rotatable bonds is 8. The Labute approximate surface area is 184 Å². The summed E-state index contributed by atoms with van der Waals surface area (Å²) in [6.07, 6.45) is 6.13. The van der Waals surface area contributed by atoms with Crippen LogP contribution in [0.4, 0.5) is 0 Å². The van der Waals surface area contributed by atoms with Gasteiger partial charge in [0.2, 0.25) is 5.75 Å². The number of aromatic nitrogens is 3. The molecule has 9 heteroatoms. The van der Waals surface area contributed by atoms with E-state index < -0.39 is 0 Å². The summed E-state index contributed by atoms with van der Waals surface area (Å²) in [6, 6.07) is 4.28. The van der Waals surface area contributed by atoms with Crippen LogP contribution in [0.1, 0.15) is 49.3 Å². The number of guanidine groups is 1. The van der Waals surface area contributed by atoms with Crippen LogP contribution >= 0.6 is 0 Å². The van der Waals surface area contributed by atoms with Crippen LogP contribution in [-0.4, -0.2) is 48.1 Å². The van der Waals surface area contributed by atoms with Gasteiger partial charge in [-0.05, 0) is 37.5 Å². The average molecular weight is 431 g/mol. The fourth-order valence-electron chi connectivity index (χ4n) is 3.76. The zero-order valence-electron chi connectivity index (χ0n) is 19.2. The van der Waals surface area contributed by atoms with E-state index in [0.717, 1.165) is 36.0 Å². The van der Waals surface area contributed by atoms with E-state index >= 15 is 0 Å². The van der Waals surface area contributed by atoms with Gasteiger partial charge in [0.1, 0.15) is 5.82 Å². The highest BCUT2D eigenvalue weighted by Crippen LogP contribution is 2.38. The van der Waals surface area contributed by atoms with Crippen molar-refractivity contribution in [2.75, 3.05) is 21.3 Å². The summed E-state index contributed by atoms with van der Waals surface area (Å²) in [6.45, 7) is 2.96. The molecule has 0 radical (unpaired) electrons. The van der Waals surface area contributed by atoms with Gasteiger partial charge in [-0.15, -0.1) is 10.2 Å². The number of ether oxygens (including phenoxy) is 3. The quantitative estimate of drug-likeness (QED) is 0.491. The van der Waals surface area contributed by atoms with Crippen LogP contribution in [0.25, 0.3) is 0 Å². The standard InChI is InChI=1S/C22H34N6O3/c1-15-26-27-20(28(15)2)14-24-22(25-17-9-7-6-8-10-17)23-13-16-11-18(29-3)21(31-5)19(12-16)30-4/h11-12,17H,6-10,13-14H2,1-5H3,(H2,23,24,25). The summed E-state index contributed by atoms with van der Waals surface area (Å²) in [7, 11) is 6.80. The van der Waals surface area contributed by atoms with Gasteiger partial charge in [-0.25, -0.2) is 4.99 Å². The van der Waals surface area contributed by atoms with E-state index in [9.17, 15) is 0 Å². The third kappa shape index (κ3) is 5.80. The van der Waals surface area contributed by atoms with E-state index in [2.05, 4.69) is 20.8 Å². The van der Waals surface area contributed by atoms with Gasteiger partial charge < -0.3 is 29.4 Å². The van der Waals surface area contributed by atoms with Crippen LogP contribution in [0, 0.1) is 6.92 Å². The number of aryl methyl sites for hydroxylation is 1. The molecular weight excluding hydrogens is 396 g/mol. The number of hydrogen-bond donors (Lipinski definition) is 2. The predicted octanol–water partition coefficient (Wildman–Crippen LogP) is 2.72. The molecule has 2 N–H and O–H groups in total. The van der Waals surface area contributed by atoms with E-state index in [1.54, 1.807) is 21.3 Å². The number of methoxy groups -OCH3 is 3. The highest BCUT2D eigenvalue weighted by atomic mass is 16.5. The van der Waals surface area contributed by atoms with Gasteiger partial charge in [0, 0.05) is 13.1 Å². The third-order valence-corrected chi connectivity index (χ3v) is 5.69. The van der Waals surface area contributed by atoms with Crippen molar-refractivity contribution in [1.82, 2.24) is 25.4 Å². The first-order valence-corrected chi connectivity index (χ1v) is 10.7. The Morgan fingerprint density at radius 3 is 2.29 bits per heavy atom. The molecule has 0 spiro atoms. The minimum absolute atomic E-state index is 0.432. The maximum atomic E-state index is 5.47. The molecule has 0 saturated heterocycles. The fourth-order valence-corrected chi connectivity index (χ4v) is 3.76. The highest BCUT2D eigenvalue weighted by molar-refractivity contribution is 5.80. The second-order valence-corrected chi connectivity index (χ2v) is 7.75. The van der Waals surface area contributed by atoms with Crippen LogP contribution in [0.2, 0.25) is 0 Å². The first-order valence-electron chi connectivity index (χ1n) is 10.7. The van der Waals surface area contributed by atoms with E-state index in [1.165, 1.54) is 19.3 Å². The second kappa shape index (κ2) is 10.9. The number of nitrogens with one attached hydrogen (secondary N) is 2. The highest BCUT2D eigenvalue weighted by Gasteiger charge is 2.16. The minimum atomic E-state index is 0.432. The minimum Gasteiger partial charge on any atom is -0.493 e. The molecule has 1 heterocycles. The van der Waals surface area contributed by atoms with Crippen molar-refractivity contribution in [3.8, 4) is 17.2 Å². The molecule has 9 nitrogen and oxygen atoms in total. The Kier molecular flexibility index (Phi) is 7.97. The summed E-state index contributed by atoms with van der Waals surface area (Å²) >= 11 is 0. The molecule has 1 saturated carbocycles. The molecule has 1 aliphatic rings. The Morgan fingerprint density at radius 1 is 1.06 bits per heavy atom. The van der Waals surface area contributed by atoms with Gasteiger partial charge in [-0.1, -0.05) is 19.3 Å². The maximum Gasteiger partial charge on any atom is 0.203 e. The summed E-state index contributed by atoms with van der Waals surface area (Å²) in [5.41, 5.74) is 0.966. The van der Waals surface area contributed by atoms with Gasteiger partial charge in [0.15, 0.2) is 23.3 Å². The summed E-state index contributed by atoms with van der Waals surface area (Å²) in [5.74, 6) is 4.33. The summed E-state index contributed by atoms with van der Waals surface area (Å²) < 4.78 is 18.3. The normalized spacial score (nSPS) is 14.9. The Morgan fingerprint density at radius 2 is 1.74 bits per heavy atom. The molecule has 0 atom stereocenters. The molecule has 0 bridgehead atoms. The van der Waals surface area contributed by atoms with Crippen molar-refractivity contribution >= 4 is 5.96 Å². The molecule has 0 amide bonds. The molecule has 1 aromatic heterocycles. The van der Waals surface area contributed by atoms with Crippen LogP contribution < -0.4 is 24.8 Å². The van der Waals surface area contributed by atoms with Crippen molar-refractivity contribution in [1.29, 1.82) is 0 Å². The van der Waals surface area contributed by atoms with E-state index in [-0.39, 0.29) is 0 Å². The van der Waals surface area contributed by atoms with Gasteiger partial charge >= 0.3 is 0 Å². The van der Waals surface area contributed by atoms with Crippen LogP contribution in [0.15, 0.2) is 17.1 Å². The van der Waals surface area contributed by atoms with Crippen LogP contribution in [-0.2, 0) is 20.1 Å². The fraction of sp³-hybridized carbons (Fsp3) is 0.591. The average Bonchev–Trinajstić information content (AvgIpc) is 3.12. The molecule has 31 heavy (non-hydrogen) atoms. The van der Waals surface area contributed by atoms with E-state index in [1.807, 2.05) is 30.7 Å². The summed E-state index contributed by atoms with van der Waals surface area (Å²) in [4.78, 5) is 4.83. The van der Waals surface area contributed by atoms with E-state index in [0.29, 0.717) is 36.4 Å². The molecule has 0 unspecified atom stereocenters. The van der Waals surface area contributed by atoms with Crippen LogP contribution in [0.3, 0.4) is 0 Å². The Hall–Kier alpha value is -2.97. The number of hydrogen-bond acceptors (Lipinski definition) is 6. The zero-order valence-corrected chi connectivity index (χ0v) is 19.2. The van der Waals surface area contributed by atoms with Crippen LogP contribution in [0.5, 0.6) is 17.2 Å². The molecule has 2 aromatic rings. The van der Waals surface area contributed by atoms with Crippen molar-refractivity contribution in [3.63, 3.8) is 0 Å². The SMILES string of the molecule is COc1cc(CN=C(NCc2nnc(C)n2C)NC2CCCCC2)cc(OC)c1OC. The third-order valence-electron chi connectivity index (χ3n) is 5.69. The van der Waals surface area contributed by atoms with Crippen molar-refractivity contribution in [3.05, 3.63) is 29.3 Å². The summed E-state index contributed by atoms with van der Waals surface area (Å²) in [5, 5.41) is 15.4. The second-order valence-electron chi connectivity index (χ2n) is 7.75. The Balaban J connectivity index is 1.77. The maximum absolute atomic E-state index is 5.47. The molecule has 1 aliphatic carbocycles. The van der Waals surface area contributed by atoms with Gasteiger partial charge in [0.25, 0.3) is 0 Å². The zero-order chi connectivity index (χ0) is 22.2. The molecule has 3 rings (SSSR count). The van der Waals surface area contributed by atoms with Gasteiger partial charge in [-0.3, -0.25) is 0 Å². The molecule has 0 aliphatic heterocycles. The molecule has 1 fully saturated rings. The number of nitrogens with zero attached hydrogens (tertiary/aromatic N) is 4. The van der Waals surface area contributed by atoms with Crippen molar-refractivity contribution < 1.29 is 14.2 Å².